The molecule has 0 fully saturated rings. The number of nitrogens with one attached hydrogen (secondary N) is 2. The Hall–Kier alpha value is -6.80. The van der Waals surface area contributed by atoms with E-state index in [-0.39, 0.29) is 0 Å². The predicted octanol–water partition coefficient (Wildman–Crippen LogP) is 11.7. The van der Waals surface area contributed by atoms with Gasteiger partial charge in [0.05, 0.1) is 22.8 Å². The quantitative estimate of drug-likeness (QED) is 0.0951. The van der Waals surface area contributed by atoms with Gasteiger partial charge in [-0.15, -0.1) is 0 Å². The van der Waals surface area contributed by atoms with E-state index in [1.165, 1.54) is 0 Å². The molecule has 0 aliphatic carbocycles. The lowest BCUT2D eigenvalue weighted by atomic mass is 10.0. The third kappa shape index (κ3) is 9.14. The summed E-state index contributed by atoms with van der Waals surface area (Å²) in [5, 5.41) is 0. The Morgan fingerprint density at radius 3 is 0.750 bits per heavy atom. The average molecular weight is 847 g/mol. The maximum absolute atomic E-state index is 5.54. The average Bonchev–Trinajstić information content (AvgIpc) is 4.19. The smallest absolute Gasteiger partial charge is 0.169 e. The number of aromatic nitrogens is 8. The molecule has 0 saturated carbocycles. The number of aromatic amines is 2. The first-order chi connectivity index (χ1) is 31.5. The molecule has 9 heterocycles. The van der Waals surface area contributed by atoms with Crippen molar-refractivity contribution in [3.8, 4) is 44.5 Å². The van der Waals surface area contributed by atoms with Crippen LogP contribution in [0.2, 0.25) is 0 Å². The molecule has 2 aliphatic rings. The van der Waals surface area contributed by atoms with Crippen molar-refractivity contribution in [3.05, 3.63) is 145 Å². The molecule has 0 aromatic carbocycles. The van der Waals surface area contributed by atoms with Gasteiger partial charge in [-0.2, -0.15) is 0 Å². The maximum Gasteiger partial charge on any atom is 0.169 e. The highest BCUT2D eigenvalue weighted by Gasteiger charge is 2.21. The number of nitrogens with zero attached hydrogens (tertiary/aromatic N) is 6. The fourth-order valence-corrected chi connectivity index (χ4v) is 8.88. The van der Waals surface area contributed by atoms with Crippen LogP contribution in [0.3, 0.4) is 0 Å². The van der Waals surface area contributed by atoms with Crippen molar-refractivity contribution in [3.63, 3.8) is 0 Å². The SMILES string of the molecule is CCCC[n+]1ccc(-c2c3nc(c(-c4cc[n+](CCCC)cc4)c4ccc([nH]4)c(-c4cc[n+](CCCC)cc4)c4nc(c(-c5cc[n+](CCCC)cc5)c5ccc2[nH]5)C=C4)C=C3)cc1. The van der Waals surface area contributed by atoms with Crippen LogP contribution in [0.1, 0.15) is 102 Å². The summed E-state index contributed by atoms with van der Waals surface area (Å²) in [4.78, 5) is 18.9. The van der Waals surface area contributed by atoms with Gasteiger partial charge in [0.25, 0.3) is 0 Å². The lowest BCUT2D eigenvalue weighted by molar-refractivity contribution is -0.697. The fraction of sp³-hybridized carbons (Fsp3) is 0.286. The molecule has 0 spiro atoms. The van der Waals surface area contributed by atoms with Gasteiger partial charge in [0.15, 0.2) is 49.6 Å². The minimum absolute atomic E-state index is 0.917. The maximum atomic E-state index is 5.54. The molecule has 2 N–H and O–H groups in total. The lowest BCUT2D eigenvalue weighted by Crippen LogP contribution is -2.32. The Morgan fingerprint density at radius 1 is 0.328 bits per heavy atom. The van der Waals surface area contributed by atoms with Crippen LogP contribution < -0.4 is 18.3 Å². The van der Waals surface area contributed by atoms with Crippen molar-refractivity contribution < 1.29 is 18.3 Å². The number of pyridine rings is 4. The third-order valence-corrected chi connectivity index (χ3v) is 12.6. The first-order valence-electron chi connectivity index (χ1n) is 23.7. The van der Waals surface area contributed by atoms with E-state index in [1.807, 2.05) is 0 Å². The first-order valence-corrected chi connectivity index (χ1v) is 23.7. The molecule has 7 aromatic rings. The van der Waals surface area contributed by atoms with Crippen LogP contribution in [0.4, 0.5) is 0 Å². The van der Waals surface area contributed by atoms with Crippen molar-refractivity contribution in [1.82, 2.24) is 19.9 Å². The number of fused-ring (bicyclic) bond motifs is 8. The second-order valence-corrected chi connectivity index (χ2v) is 17.2. The Labute approximate surface area is 378 Å². The minimum Gasteiger partial charge on any atom is -0.354 e. The van der Waals surface area contributed by atoms with E-state index >= 15 is 0 Å². The van der Waals surface area contributed by atoms with Crippen molar-refractivity contribution in [2.24, 2.45) is 0 Å². The summed E-state index contributed by atoms with van der Waals surface area (Å²) < 4.78 is 9.12. The van der Waals surface area contributed by atoms with Crippen LogP contribution in [0.15, 0.2) is 122 Å². The molecule has 64 heavy (non-hydrogen) atoms. The zero-order valence-electron chi connectivity index (χ0n) is 38.0. The molecule has 0 unspecified atom stereocenters. The van der Waals surface area contributed by atoms with E-state index in [1.54, 1.807) is 0 Å². The van der Waals surface area contributed by atoms with Crippen LogP contribution in [0.5, 0.6) is 0 Å². The number of H-pyrrole nitrogens is 2. The largest absolute Gasteiger partial charge is 0.354 e. The molecular formula is C56H62N8+4. The molecule has 0 amide bonds. The molecule has 8 bridgehead atoms. The van der Waals surface area contributed by atoms with Crippen LogP contribution >= 0.6 is 0 Å². The Bertz CT molecular complexity index is 2560. The molecule has 9 rings (SSSR count). The molecule has 0 atom stereocenters. The first kappa shape index (κ1) is 42.5. The zero-order valence-corrected chi connectivity index (χ0v) is 38.0. The van der Waals surface area contributed by atoms with Crippen LogP contribution in [-0.2, 0) is 26.2 Å². The molecule has 8 heteroatoms. The lowest BCUT2D eigenvalue weighted by Gasteiger charge is -2.07. The standard InChI is InChI=1S/C56H61N8/c1-5-9-29-61-33-21-41(22-34-61)53-45-13-15-47(57-45)54(42-23-35-62(36-24-42)30-10-6-2)49-17-19-51(59-49)56(44-27-39-64(40-28-44)32-12-8-4)52-20-18-50(60-52)55(48-16-14-46(53)58-48)43-25-37-63(38-26-43)31-11-7-3/h13-28,33-40H,5-12,29-32H2,1-4H3,(H,57,58,59,60)/q+3/p+1. The van der Waals surface area contributed by atoms with Gasteiger partial charge in [-0.05, 0) is 70.8 Å². The van der Waals surface area contributed by atoms with Crippen molar-refractivity contribution in [2.75, 3.05) is 0 Å². The van der Waals surface area contributed by atoms with Crippen LogP contribution in [0, 0.1) is 0 Å². The summed E-state index contributed by atoms with van der Waals surface area (Å²) in [7, 11) is 0. The Kier molecular flexibility index (Phi) is 13.1. The zero-order chi connectivity index (χ0) is 43.8. The van der Waals surface area contributed by atoms with Gasteiger partial charge >= 0.3 is 0 Å². The van der Waals surface area contributed by atoms with Gasteiger partial charge in [0, 0.05) is 119 Å². The second kappa shape index (κ2) is 19.7. The van der Waals surface area contributed by atoms with E-state index in [0.29, 0.717) is 0 Å². The predicted molar refractivity (Wildman–Crippen MR) is 261 cm³/mol. The van der Waals surface area contributed by atoms with Gasteiger partial charge in [0.2, 0.25) is 0 Å². The molecule has 8 nitrogen and oxygen atoms in total. The van der Waals surface area contributed by atoms with Gasteiger partial charge in [-0.3, -0.25) is 0 Å². The van der Waals surface area contributed by atoms with Gasteiger partial charge in [-0.1, -0.05) is 53.4 Å². The van der Waals surface area contributed by atoms with E-state index in [9.17, 15) is 0 Å². The molecule has 0 radical (unpaired) electrons. The molecule has 0 saturated heterocycles. The minimum atomic E-state index is 0.917. The fourth-order valence-electron chi connectivity index (χ4n) is 8.88. The summed E-state index contributed by atoms with van der Waals surface area (Å²) in [5.41, 5.74) is 16.3. The monoisotopic (exact) mass is 847 g/mol. The number of hydrogen-bond donors (Lipinski definition) is 2. The normalized spacial score (nSPS) is 12.1. The van der Waals surface area contributed by atoms with Crippen molar-refractivity contribution in [1.29, 1.82) is 0 Å². The van der Waals surface area contributed by atoms with Crippen LogP contribution in [-0.4, -0.2) is 19.9 Å². The Morgan fingerprint density at radius 2 is 0.547 bits per heavy atom. The number of rotatable bonds is 16. The summed E-state index contributed by atoms with van der Waals surface area (Å²) in [6.07, 6.45) is 35.6. The van der Waals surface area contributed by atoms with Crippen LogP contribution in [0.25, 0.3) is 90.9 Å². The highest BCUT2D eigenvalue weighted by atomic mass is 14.9. The molecular weight excluding hydrogens is 785 g/mol. The Balaban J connectivity index is 1.36. The number of aryl methyl sites for hydroxylation is 4. The van der Waals surface area contributed by atoms with E-state index in [4.69, 9.17) is 9.97 Å². The summed E-state index contributed by atoms with van der Waals surface area (Å²) in [5.74, 6) is 0. The van der Waals surface area contributed by atoms with E-state index in [0.717, 1.165) is 167 Å². The summed E-state index contributed by atoms with van der Waals surface area (Å²) in [6, 6.07) is 26.8. The molecule has 2 aliphatic heterocycles. The van der Waals surface area contributed by atoms with E-state index < -0.39 is 0 Å². The highest BCUT2D eigenvalue weighted by molar-refractivity contribution is 5.99. The number of unbranched alkanes of at least 4 members (excludes halogenated alkanes) is 4. The van der Waals surface area contributed by atoms with Gasteiger partial charge in [0.1, 0.15) is 26.2 Å². The third-order valence-electron chi connectivity index (χ3n) is 12.6. The topological polar surface area (TPSA) is 72.9 Å². The number of hydrogen-bond acceptors (Lipinski definition) is 2. The highest BCUT2D eigenvalue weighted by Crippen LogP contribution is 2.38. The van der Waals surface area contributed by atoms with Gasteiger partial charge < -0.3 is 9.97 Å². The second-order valence-electron chi connectivity index (χ2n) is 17.2. The van der Waals surface area contributed by atoms with Crippen molar-refractivity contribution in [2.45, 2.75) is 105 Å². The van der Waals surface area contributed by atoms with E-state index in [2.05, 4.69) is 203 Å². The molecule has 7 aromatic heterocycles. The summed E-state index contributed by atoms with van der Waals surface area (Å²) in [6.45, 7) is 12.9. The van der Waals surface area contributed by atoms with Gasteiger partial charge in [-0.25, -0.2) is 28.2 Å². The molecule has 322 valence electrons. The van der Waals surface area contributed by atoms with Crippen molar-refractivity contribution >= 4 is 46.4 Å². The summed E-state index contributed by atoms with van der Waals surface area (Å²) >= 11 is 0.